The predicted molar refractivity (Wildman–Crippen MR) is 80.3 cm³/mol. The maximum atomic E-state index is 11.6. The molecule has 3 N–H and O–H groups in total. The van der Waals surface area contributed by atoms with Gasteiger partial charge in [0.1, 0.15) is 11.5 Å². The number of rotatable bonds is 5. The van der Waals surface area contributed by atoms with E-state index in [1.807, 2.05) is 30.3 Å². The molecule has 2 rings (SSSR count). The number of hydrazone groups is 1. The third kappa shape index (κ3) is 4.65. The van der Waals surface area contributed by atoms with Crippen molar-refractivity contribution >= 4 is 12.1 Å². The van der Waals surface area contributed by atoms with E-state index in [0.29, 0.717) is 18.4 Å². The Hall–Kier alpha value is -2.82. The van der Waals surface area contributed by atoms with E-state index in [9.17, 15) is 9.90 Å². The highest BCUT2D eigenvalue weighted by Gasteiger charge is 2.02. The van der Waals surface area contributed by atoms with Crippen LogP contribution in [-0.2, 0) is 11.2 Å². The highest BCUT2D eigenvalue weighted by Crippen LogP contribution is 2.20. The summed E-state index contributed by atoms with van der Waals surface area (Å²) in [5, 5.41) is 22.5. The van der Waals surface area contributed by atoms with Crippen LogP contribution in [0.2, 0.25) is 0 Å². The lowest BCUT2D eigenvalue weighted by Gasteiger charge is -2.01. The van der Waals surface area contributed by atoms with Crippen molar-refractivity contribution < 1.29 is 15.0 Å². The number of carbonyl (C=O) groups is 1. The second kappa shape index (κ2) is 7.09. The van der Waals surface area contributed by atoms with Crippen molar-refractivity contribution in [3.05, 3.63) is 59.7 Å². The van der Waals surface area contributed by atoms with Crippen LogP contribution >= 0.6 is 0 Å². The molecule has 0 spiro atoms. The number of hydrogen-bond donors (Lipinski definition) is 3. The van der Waals surface area contributed by atoms with Crippen molar-refractivity contribution in [3.63, 3.8) is 0 Å². The quantitative estimate of drug-likeness (QED) is 0.581. The standard InChI is InChI=1S/C16H16N2O3/c19-14-8-7-13(15(20)10-14)11-17-18-16(21)9-6-12-4-2-1-3-5-12/h1-5,7-8,10-11,19-20H,6,9H2,(H,18,21)/b17-11-. The molecule has 0 unspecified atom stereocenters. The third-order valence-electron chi connectivity index (χ3n) is 2.89. The molecule has 2 aromatic carbocycles. The van der Waals surface area contributed by atoms with Gasteiger partial charge < -0.3 is 10.2 Å². The Balaban J connectivity index is 1.82. The molecule has 21 heavy (non-hydrogen) atoms. The molecule has 0 bridgehead atoms. The van der Waals surface area contributed by atoms with Crippen molar-refractivity contribution in [3.8, 4) is 11.5 Å². The molecule has 108 valence electrons. The first-order valence-corrected chi connectivity index (χ1v) is 6.53. The molecule has 0 fully saturated rings. The molecule has 0 saturated heterocycles. The Kier molecular flexibility index (Phi) is 4.93. The molecule has 1 amide bonds. The lowest BCUT2D eigenvalue weighted by atomic mass is 10.1. The van der Waals surface area contributed by atoms with Crippen LogP contribution in [0.3, 0.4) is 0 Å². The summed E-state index contributed by atoms with van der Waals surface area (Å²) in [6.45, 7) is 0. The van der Waals surface area contributed by atoms with Gasteiger partial charge in [0.25, 0.3) is 0 Å². The number of nitrogens with zero attached hydrogens (tertiary/aromatic N) is 1. The molecule has 5 nitrogen and oxygen atoms in total. The van der Waals surface area contributed by atoms with E-state index in [1.165, 1.54) is 24.4 Å². The highest BCUT2D eigenvalue weighted by atomic mass is 16.3. The maximum Gasteiger partial charge on any atom is 0.240 e. The zero-order valence-corrected chi connectivity index (χ0v) is 11.4. The summed E-state index contributed by atoms with van der Waals surface area (Å²) in [7, 11) is 0. The largest absolute Gasteiger partial charge is 0.508 e. The van der Waals surface area contributed by atoms with E-state index in [0.717, 1.165) is 5.56 Å². The average Bonchev–Trinajstić information content (AvgIpc) is 2.48. The minimum atomic E-state index is -0.201. The summed E-state index contributed by atoms with van der Waals surface area (Å²) in [5.41, 5.74) is 3.90. The summed E-state index contributed by atoms with van der Waals surface area (Å²) in [5.74, 6) is -0.331. The Morgan fingerprint density at radius 2 is 1.90 bits per heavy atom. The number of phenolic OH excluding ortho intramolecular Hbond substituents is 2. The Labute approximate surface area is 122 Å². The summed E-state index contributed by atoms with van der Waals surface area (Å²) in [4.78, 5) is 11.6. The molecule has 0 atom stereocenters. The number of benzene rings is 2. The van der Waals surface area contributed by atoms with Crippen LogP contribution in [-0.4, -0.2) is 22.3 Å². The van der Waals surface area contributed by atoms with Gasteiger partial charge in [0.05, 0.1) is 6.21 Å². The lowest BCUT2D eigenvalue weighted by molar-refractivity contribution is -0.121. The van der Waals surface area contributed by atoms with Gasteiger partial charge in [-0.2, -0.15) is 5.10 Å². The molecule has 0 radical (unpaired) electrons. The molecule has 0 aliphatic carbocycles. The van der Waals surface area contributed by atoms with Gasteiger partial charge in [-0.05, 0) is 24.1 Å². The van der Waals surface area contributed by atoms with Gasteiger partial charge in [0.2, 0.25) is 5.91 Å². The molecule has 5 heteroatoms. The van der Waals surface area contributed by atoms with E-state index >= 15 is 0 Å². The van der Waals surface area contributed by atoms with E-state index in [4.69, 9.17) is 5.11 Å². The minimum absolute atomic E-state index is 0.0310. The fourth-order valence-corrected chi connectivity index (χ4v) is 1.77. The molecular weight excluding hydrogens is 268 g/mol. The van der Waals surface area contributed by atoms with E-state index in [1.54, 1.807) is 0 Å². The molecule has 2 aromatic rings. The zero-order valence-electron chi connectivity index (χ0n) is 11.4. The first kappa shape index (κ1) is 14.6. The van der Waals surface area contributed by atoms with E-state index in [2.05, 4.69) is 10.5 Å². The number of aryl methyl sites for hydroxylation is 1. The van der Waals surface area contributed by atoms with Gasteiger partial charge in [-0.25, -0.2) is 5.43 Å². The van der Waals surface area contributed by atoms with Crippen LogP contribution in [0.1, 0.15) is 17.5 Å². The van der Waals surface area contributed by atoms with Gasteiger partial charge in [0, 0.05) is 18.1 Å². The normalized spacial score (nSPS) is 10.7. The first-order valence-electron chi connectivity index (χ1n) is 6.53. The van der Waals surface area contributed by atoms with Gasteiger partial charge in [-0.3, -0.25) is 4.79 Å². The van der Waals surface area contributed by atoms with Gasteiger partial charge in [0.15, 0.2) is 0 Å². The van der Waals surface area contributed by atoms with Crippen LogP contribution in [0.15, 0.2) is 53.6 Å². The number of amides is 1. The lowest BCUT2D eigenvalue weighted by Crippen LogP contribution is -2.17. The number of nitrogens with one attached hydrogen (secondary N) is 1. The molecule has 0 aromatic heterocycles. The van der Waals surface area contributed by atoms with E-state index < -0.39 is 0 Å². The van der Waals surface area contributed by atoms with E-state index in [-0.39, 0.29) is 17.4 Å². The average molecular weight is 284 g/mol. The highest BCUT2D eigenvalue weighted by molar-refractivity contribution is 5.85. The fraction of sp³-hybridized carbons (Fsp3) is 0.125. The van der Waals surface area contributed by atoms with Crippen molar-refractivity contribution in [1.82, 2.24) is 5.43 Å². The van der Waals surface area contributed by atoms with Crippen LogP contribution in [0.25, 0.3) is 0 Å². The second-order valence-corrected chi connectivity index (χ2v) is 4.52. The number of hydrogen-bond acceptors (Lipinski definition) is 4. The summed E-state index contributed by atoms with van der Waals surface area (Å²) in [6, 6.07) is 13.9. The topological polar surface area (TPSA) is 81.9 Å². The summed E-state index contributed by atoms with van der Waals surface area (Å²) < 4.78 is 0. The Morgan fingerprint density at radius 1 is 1.14 bits per heavy atom. The van der Waals surface area contributed by atoms with Crippen LogP contribution in [0.4, 0.5) is 0 Å². The summed E-state index contributed by atoms with van der Waals surface area (Å²) >= 11 is 0. The van der Waals surface area contributed by atoms with Crippen LogP contribution in [0, 0.1) is 0 Å². The Morgan fingerprint density at radius 3 is 2.62 bits per heavy atom. The maximum absolute atomic E-state index is 11.6. The van der Waals surface area contributed by atoms with Crippen molar-refractivity contribution in [2.24, 2.45) is 5.10 Å². The van der Waals surface area contributed by atoms with Crippen LogP contribution in [0.5, 0.6) is 11.5 Å². The molecule has 0 heterocycles. The Bertz CT molecular complexity index is 639. The molecule has 0 aliphatic rings. The second-order valence-electron chi connectivity index (χ2n) is 4.52. The minimum Gasteiger partial charge on any atom is -0.508 e. The predicted octanol–water partition coefficient (Wildman–Crippen LogP) is 2.18. The molecule has 0 aliphatic heterocycles. The smallest absolute Gasteiger partial charge is 0.240 e. The number of phenols is 2. The monoisotopic (exact) mass is 284 g/mol. The van der Waals surface area contributed by atoms with Crippen molar-refractivity contribution in [2.45, 2.75) is 12.8 Å². The van der Waals surface area contributed by atoms with Crippen molar-refractivity contribution in [1.29, 1.82) is 0 Å². The number of carbonyl (C=O) groups excluding carboxylic acids is 1. The molecule has 0 saturated carbocycles. The summed E-state index contributed by atoms with van der Waals surface area (Å²) in [6.07, 6.45) is 2.31. The first-order chi connectivity index (χ1) is 10.1. The zero-order chi connectivity index (χ0) is 15.1. The SMILES string of the molecule is O=C(CCc1ccccc1)N/N=C\c1ccc(O)cc1O. The third-order valence-corrected chi connectivity index (χ3v) is 2.89. The van der Waals surface area contributed by atoms with Gasteiger partial charge >= 0.3 is 0 Å². The number of aromatic hydroxyl groups is 2. The van der Waals surface area contributed by atoms with Crippen molar-refractivity contribution in [2.75, 3.05) is 0 Å². The fourth-order valence-electron chi connectivity index (χ4n) is 1.77. The van der Waals surface area contributed by atoms with Gasteiger partial charge in [-0.1, -0.05) is 30.3 Å². The van der Waals surface area contributed by atoms with Gasteiger partial charge in [-0.15, -0.1) is 0 Å². The molecular formula is C16H16N2O3. The van der Waals surface area contributed by atoms with Crippen LogP contribution < -0.4 is 5.43 Å².